The molecule has 16 heavy (non-hydrogen) atoms. The molecule has 1 saturated carbocycles. The van der Waals surface area contributed by atoms with Crippen molar-refractivity contribution in [2.24, 2.45) is 5.92 Å². The number of carbonyl (C=O) groups excluding carboxylic acids is 1. The molecule has 2 atom stereocenters. The number of hydrogen-bond donors (Lipinski definition) is 1. The molecule has 1 aromatic carbocycles. The van der Waals surface area contributed by atoms with Crippen molar-refractivity contribution in [2.45, 2.75) is 32.2 Å². The maximum Gasteiger partial charge on any atom is 0.252 e. The van der Waals surface area contributed by atoms with Crippen molar-refractivity contribution in [3.05, 3.63) is 34.3 Å². The van der Waals surface area contributed by atoms with Crippen molar-refractivity contribution >= 4 is 21.8 Å². The molecule has 0 saturated heterocycles. The molecule has 0 heterocycles. The smallest absolute Gasteiger partial charge is 0.252 e. The molecule has 86 valence electrons. The van der Waals surface area contributed by atoms with E-state index in [-0.39, 0.29) is 5.91 Å². The standard InChI is InChI=1S/C13H16BrNO/c1-9-5-4-8-12(9)15-13(16)10-6-2-3-7-11(10)14/h2-3,6-7,9,12H,4-5,8H2,1H3,(H,15,16). The lowest BCUT2D eigenvalue weighted by Crippen LogP contribution is -2.36. The highest BCUT2D eigenvalue weighted by Gasteiger charge is 2.25. The van der Waals surface area contributed by atoms with Gasteiger partial charge in [0.05, 0.1) is 5.56 Å². The molecule has 0 aliphatic heterocycles. The van der Waals surface area contributed by atoms with Crippen LogP contribution in [0.25, 0.3) is 0 Å². The summed E-state index contributed by atoms with van der Waals surface area (Å²) >= 11 is 3.40. The van der Waals surface area contributed by atoms with Crippen molar-refractivity contribution in [3.63, 3.8) is 0 Å². The van der Waals surface area contributed by atoms with Gasteiger partial charge < -0.3 is 5.32 Å². The first-order chi connectivity index (χ1) is 7.68. The molecule has 2 rings (SSSR count). The summed E-state index contributed by atoms with van der Waals surface area (Å²) in [4.78, 5) is 12.0. The Labute approximate surface area is 105 Å². The topological polar surface area (TPSA) is 29.1 Å². The normalized spacial score (nSPS) is 24.4. The third kappa shape index (κ3) is 2.46. The highest BCUT2D eigenvalue weighted by Crippen LogP contribution is 2.25. The number of rotatable bonds is 2. The average Bonchev–Trinajstić information content (AvgIpc) is 2.65. The van der Waals surface area contributed by atoms with E-state index in [9.17, 15) is 4.79 Å². The van der Waals surface area contributed by atoms with E-state index in [2.05, 4.69) is 28.2 Å². The molecule has 0 bridgehead atoms. The maximum absolute atomic E-state index is 12.0. The van der Waals surface area contributed by atoms with Gasteiger partial charge in [0.15, 0.2) is 0 Å². The lowest BCUT2D eigenvalue weighted by molar-refractivity contribution is 0.0929. The maximum atomic E-state index is 12.0. The van der Waals surface area contributed by atoms with Gasteiger partial charge in [-0.1, -0.05) is 25.5 Å². The minimum absolute atomic E-state index is 0.0335. The monoisotopic (exact) mass is 281 g/mol. The summed E-state index contributed by atoms with van der Waals surface area (Å²) in [6, 6.07) is 7.89. The van der Waals surface area contributed by atoms with E-state index in [1.165, 1.54) is 12.8 Å². The Morgan fingerprint density at radius 1 is 1.38 bits per heavy atom. The first-order valence-electron chi connectivity index (χ1n) is 5.74. The number of amides is 1. The van der Waals surface area contributed by atoms with Crippen molar-refractivity contribution in [2.75, 3.05) is 0 Å². The van der Waals surface area contributed by atoms with E-state index < -0.39 is 0 Å². The number of carbonyl (C=O) groups is 1. The first-order valence-corrected chi connectivity index (χ1v) is 6.53. The van der Waals surface area contributed by atoms with Crippen LogP contribution in [0, 0.1) is 5.92 Å². The van der Waals surface area contributed by atoms with Gasteiger partial charge in [0.1, 0.15) is 0 Å². The van der Waals surface area contributed by atoms with Gasteiger partial charge in [0.25, 0.3) is 5.91 Å². The van der Waals surface area contributed by atoms with Crippen molar-refractivity contribution in [1.29, 1.82) is 0 Å². The number of halogens is 1. The van der Waals surface area contributed by atoms with Crippen molar-refractivity contribution in [3.8, 4) is 0 Å². The van der Waals surface area contributed by atoms with E-state index in [0.29, 0.717) is 12.0 Å². The SMILES string of the molecule is CC1CCCC1NC(=O)c1ccccc1Br. The Morgan fingerprint density at radius 3 is 2.75 bits per heavy atom. The average molecular weight is 282 g/mol. The van der Waals surface area contributed by atoms with Crippen LogP contribution in [-0.2, 0) is 0 Å². The zero-order valence-corrected chi connectivity index (χ0v) is 11.0. The van der Waals surface area contributed by atoms with Gasteiger partial charge in [-0.3, -0.25) is 4.79 Å². The lowest BCUT2D eigenvalue weighted by Gasteiger charge is -2.17. The van der Waals surface area contributed by atoms with Crippen LogP contribution in [0.2, 0.25) is 0 Å². The fourth-order valence-electron chi connectivity index (χ4n) is 2.25. The molecular formula is C13H16BrNO. The van der Waals surface area contributed by atoms with Crippen LogP contribution in [0.15, 0.2) is 28.7 Å². The second kappa shape index (κ2) is 5.00. The second-order valence-corrected chi connectivity index (χ2v) is 5.32. The molecule has 0 spiro atoms. The predicted molar refractivity (Wildman–Crippen MR) is 68.4 cm³/mol. The molecule has 2 unspecified atom stereocenters. The highest BCUT2D eigenvalue weighted by molar-refractivity contribution is 9.10. The van der Waals surface area contributed by atoms with Crippen LogP contribution < -0.4 is 5.32 Å². The first kappa shape index (κ1) is 11.6. The highest BCUT2D eigenvalue weighted by atomic mass is 79.9. The minimum atomic E-state index is 0.0335. The summed E-state index contributed by atoms with van der Waals surface area (Å²) in [5.74, 6) is 0.637. The predicted octanol–water partition coefficient (Wildman–Crippen LogP) is 3.37. The molecule has 0 radical (unpaired) electrons. The molecule has 1 N–H and O–H groups in total. The molecular weight excluding hydrogens is 266 g/mol. The van der Waals surface area contributed by atoms with Gasteiger partial charge >= 0.3 is 0 Å². The minimum Gasteiger partial charge on any atom is -0.349 e. The number of hydrogen-bond acceptors (Lipinski definition) is 1. The zero-order valence-electron chi connectivity index (χ0n) is 9.37. The van der Waals surface area contributed by atoms with Crippen LogP contribution in [0.4, 0.5) is 0 Å². The summed E-state index contributed by atoms with van der Waals surface area (Å²) in [5.41, 5.74) is 0.724. The molecule has 1 aromatic rings. The lowest BCUT2D eigenvalue weighted by atomic mass is 10.1. The number of nitrogens with one attached hydrogen (secondary N) is 1. The van der Waals surface area contributed by atoms with Gasteiger partial charge in [0.2, 0.25) is 0 Å². The Morgan fingerprint density at radius 2 is 2.12 bits per heavy atom. The van der Waals surface area contributed by atoms with Crippen molar-refractivity contribution in [1.82, 2.24) is 5.32 Å². The van der Waals surface area contributed by atoms with Crippen LogP contribution in [0.5, 0.6) is 0 Å². The summed E-state index contributed by atoms with van der Waals surface area (Å²) in [5, 5.41) is 3.12. The molecule has 2 nitrogen and oxygen atoms in total. The number of benzene rings is 1. The zero-order chi connectivity index (χ0) is 11.5. The van der Waals surface area contributed by atoms with Crippen LogP contribution in [-0.4, -0.2) is 11.9 Å². The quantitative estimate of drug-likeness (QED) is 0.885. The van der Waals surface area contributed by atoms with Crippen molar-refractivity contribution < 1.29 is 4.79 Å². The van der Waals surface area contributed by atoms with E-state index >= 15 is 0 Å². The summed E-state index contributed by atoms with van der Waals surface area (Å²) in [7, 11) is 0. The van der Waals surface area contributed by atoms with Gasteiger partial charge in [0, 0.05) is 10.5 Å². The molecule has 3 heteroatoms. The Kier molecular flexibility index (Phi) is 3.64. The van der Waals surface area contributed by atoms with Gasteiger partial charge in [-0.25, -0.2) is 0 Å². The molecule has 1 aliphatic rings. The molecule has 1 amide bonds. The van der Waals surface area contributed by atoms with Crippen LogP contribution in [0.3, 0.4) is 0 Å². The van der Waals surface area contributed by atoms with Gasteiger partial charge in [-0.05, 0) is 46.8 Å². The van der Waals surface area contributed by atoms with Crippen LogP contribution >= 0.6 is 15.9 Å². The Hall–Kier alpha value is -0.830. The summed E-state index contributed by atoms with van der Waals surface area (Å²) in [6.07, 6.45) is 3.56. The third-order valence-corrected chi connectivity index (χ3v) is 3.99. The van der Waals surface area contributed by atoms with Gasteiger partial charge in [-0.15, -0.1) is 0 Å². The Bertz CT molecular complexity index is 391. The van der Waals surface area contributed by atoms with Gasteiger partial charge in [-0.2, -0.15) is 0 Å². The molecule has 0 aromatic heterocycles. The second-order valence-electron chi connectivity index (χ2n) is 4.47. The van der Waals surface area contributed by atoms with E-state index in [4.69, 9.17) is 0 Å². The summed E-state index contributed by atoms with van der Waals surface area (Å²) < 4.78 is 0.859. The largest absolute Gasteiger partial charge is 0.349 e. The third-order valence-electron chi connectivity index (χ3n) is 3.30. The summed E-state index contributed by atoms with van der Waals surface area (Å²) in [6.45, 7) is 2.21. The fourth-order valence-corrected chi connectivity index (χ4v) is 2.72. The van der Waals surface area contributed by atoms with E-state index in [0.717, 1.165) is 16.5 Å². The molecule has 1 aliphatic carbocycles. The van der Waals surface area contributed by atoms with E-state index in [1.54, 1.807) is 0 Å². The fraction of sp³-hybridized carbons (Fsp3) is 0.462. The molecule has 1 fully saturated rings. The van der Waals surface area contributed by atoms with Crippen LogP contribution in [0.1, 0.15) is 36.5 Å². The van der Waals surface area contributed by atoms with E-state index in [1.807, 2.05) is 24.3 Å². The Balaban J connectivity index is 2.06.